The van der Waals surface area contributed by atoms with E-state index in [4.69, 9.17) is 9.97 Å². The molecule has 1 unspecified atom stereocenters. The number of nitrogens with one attached hydrogen (secondary N) is 2. The number of aryl methyl sites for hydroxylation is 1. The van der Waals surface area contributed by atoms with Gasteiger partial charge in [-0.1, -0.05) is 0 Å². The Kier molecular flexibility index (Phi) is 3.59. The summed E-state index contributed by atoms with van der Waals surface area (Å²) < 4.78 is 1.93. The molecule has 9 heteroatoms. The van der Waals surface area contributed by atoms with Crippen LogP contribution in [0.2, 0.25) is 0 Å². The van der Waals surface area contributed by atoms with E-state index in [1.165, 1.54) is 0 Å². The lowest BCUT2D eigenvalue weighted by Crippen LogP contribution is -2.25. The molecule has 1 aliphatic heterocycles. The molecule has 4 aromatic heterocycles. The number of nitrogens with zero attached hydrogens (tertiary/aromatic N) is 6. The first-order valence-corrected chi connectivity index (χ1v) is 9.46. The van der Waals surface area contributed by atoms with E-state index in [9.17, 15) is 0 Å². The zero-order valence-corrected chi connectivity index (χ0v) is 15.1. The molecule has 5 rings (SSSR count). The van der Waals surface area contributed by atoms with Crippen LogP contribution in [0.1, 0.15) is 29.6 Å². The van der Waals surface area contributed by atoms with Gasteiger partial charge in [-0.25, -0.2) is 4.98 Å². The quantitative estimate of drug-likeness (QED) is 0.576. The normalized spacial score (nSPS) is 17.3. The van der Waals surface area contributed by atoms with E-state index >= 15 is 0 Å². The number of fused-ring (bicyclic) bond motifs is 1. The molecule has 0 radical (unpaired) electrons. The number of H-pyrrole nitrogens is 1. The summed E-state index contributed by atoms with van der Waals surface area (Å²) in [7, 11) is 0. The maximum Gasteiger partial charge on any atom is 0.231 e. The number of aromatic amines is 1. The molecule has 1 saturated heterocycles. The highest BCUT2D eigenvalue weighted by Gasteiger charge is 2.30. The zero-order chi connectivity index (χ0) is 17.5. The van der Waals surface area contributed by atoms with Gasteiger partial charge in [-0.15, -0.1) is 11.3 Å². The molecule has 1 fully saturated rings. The number of anilines is 3. The van der Waals surface area contributed by atoms with Crippen molar-refractivity contribution in [2.75, 3.05) is 16.8 Å². The van der Waals surface area contributed by atoms with Gasteiger partial charge in [0, 0.05) is 36.1 Å². The largest absolute Gasteiger partial charge is 0.331 e. The lowest BCUT2D eigenvalue weighted by atomic mass is 10.2. The van der Waals surface area contributed by atoms with Crippen LogP contribution in [0.25, 0.3) is 5.65 Å². The molecular formula is C17H18N8S. The molecule has 132 valence electrons. The van der Waals surface area contributed by atoms with Crippen LogP contribution < -0.4 is 10.2 Å². The van der Waals surface area contributed by atoms with Crippen LogP contribution >= 0.6 is 11.3 Å². The standard InChI is InChI=1S/C17H18N8S/c1-11-10-13(23-22-11)19-16-21-17(20-14-5-3-8-25(14)16)24-7-2-4-12(24)15-18-6-9-26-15/h3,5-6,8-10,12H,2,4,7H2,1H3,(H2,19,20,21,22,23). The fourth-order valence-corrected chi connectivity index (χ4v) is 4.18. The molecular weight excluding hydrogens is 348 g/mol. The van der Waals surface area contributed by atoms with E-state index in [-0.39, 0.29) is 6.04 Å². The molecule has 0 aromatic carbocycles. The van der Waals surface area contributed by atoms with Crippen molar-refractivity contribution in [1.29, 1.82) is 0 Å². The van der Waals surface area contributed by atoms with E-state index in [2.05, 4.69) is 25.4 Å². The van der Waals surface area contributed by atoms with Gasteiger partial charge in [0.05, 0.1) is 6.04 Å². The Morgan fingerprint density at radius 2 is 2.31 bits per heavy atom. The minimum Gasteiger partial charge on any atom is -0.331 e. The molecule has 0 spiro atoms. The molecule has 0 amide bonds. The van der Waals surface area contributed by atoms with Gasteiger partial charge < -0.3 is 10.2 Å². The van der Waals surface area contributed by atoms with Crippen molar-refractivity contribution < 1.29 is 0 Å². The summed E-state index contributed by atoms with van der Waals surface area (Å²) in [6.07, 6.45) is 6.00. The van der Waals surface area contributed by atoms with Gasteiger partial charge in [0.2, 0.25) is 11.9 Å². The minimum absolute atomic E-state index is 0.243. The number of hydrogen-bond donors (Lipinski definition) is 2. The molecule has 0 aliphatic carbocycles. The maximum absolute atomic E-state index is 4.81. The lowest BCUT2D eigenvalue weighted by Gasteiger charge is -2.23. The summed E-state index contributed by atoms with van der Waals surface area (Å²) >= 11 is 1.69. The van der Waals surface area contributed by atoms with Crippen molar-refractivity contribution in [2.45, 2.75) is 25.8 Å². The van der Waals surface area contributed by atoms with Gasteiger partial charge in [0.15, 0.2) is 5.82 Å². The summed E-state index contributed by atoms with van der Waals surface area (Å²) in [6.45, 7) is 2.90. The first-order chi connectivity index (χ1) is 12.8. The highest BCUT2D eigenvalue weighted by Crippen LogP contribution is 2.36. The Morgan fingerprint density at radius 3 is 3.12 bits per heavy atom. The third-order valence-corrected chi connectivity index (χ3v) is 5.44. The van der Waals surface area contributed by atoms with Crippen LogP contribution in [-0.2, 0) is 0 Å². The van der Waals surface area contributed by atoms with E-state index in [1.54, 1.807) is 11.3 Å². The average molecular weight is 366 g/mol. The van der Waals surface area contributed by atoms with Crippen molar-refractivity contribution in [3.63, 3.8) is 0 Å². The molecule has 1 aliphatic rings. The monoisotopic (exact) mass is 366 g/mol. The van der Waals surface area contributed by atoms with Crippen LogP contribution in [0.15, 0.2) is 36.0 Å². The van der Waals surface area contributed by atoms with Crippen molar-refractivity contribution in [3.8, 4) is 0 Å². The Labute approximate surface area is 153 Å². The third-order valence-electron chi connectivity index (χ3n) is 4.57. The molecule has 2 N–H and O–H groups in total. The van der Waals surface area contributed by atoms with Crippen LogP contribution in [-0.4, -0.2) is 36.1 Å². The summed E-state index contributed by atoms with van der Waals surface area (Å²) in [5.41, 5.74) is 1.85. The summed E-state index contributed by atoms with van der Waals surface area (Å²) in [5.74, 6) is 2.16. The average Bonchev–Trinajstić information content (AvgIpc) is 3.42. The molecule has 4 aromatic rings. The number of hydrogen-bond acceptors (Lipinski definition) is 7. The second kappa shape index (κ2) is 6.10. The van der Waals surface area contributed by atoms with Crippen molar-refractivity contribution in [3.05, 3.63) is 46.7 Å². The van der Waals surface area contributed by atoms with Gasteiger partial charge in [-0.2, -0.15) is 15.1 Å². The maximum atomic E-state index is 4.81. The van der Waals surface area contributed by atoms with Crippen LogP contribution in [0.4, 0.5) is 17.7 Å². The van der Waals surface area contributed by atoms with E-state index in [0.29, 0.717) is 5.95 Å². The predicted octanol–water partition coefficient (Wildman–Crippen LogP) is 3.30. The Balaban J connectivity index is 1.55. The van der Waals surface area contributed by atoms with Crippen molar-refractivity contribution in [1.82, 2.24) is 29.5 Å². The van der Waals surface area contributed by atoms with Gasteiger partial charge in [-0.05, 0) is 31.9 Å². The van der Waals surface area contributed by atoms with Crippen molar-refractivity contribution >= 4 is 34.7 Å². The number of aromatic nitrogens is 6. The van der Waals surface area contributed by atoms with Gasteiger partial charge >= 0.3 is 0 Å². The molecule has 1 atom stereocenters. The lowest BCUT2D eigenvalue weighted by molar-refractivity contribution is 0.695. The van der Waals surface area contributed by atoms with Crippen LogP contribution in [0.3, 0.4) is 0 Å². The second-order valence-electron chi connectivity index (χ2n) is 6.37. The first-order valence-electron chi connectivity index (χ1n) is 8.58. The van der Waals surface area contributed by atoms with Crippen LogP contribution in [0, 0.1) is 6.92 Å². The highest BCUT2D eigenvalue weighted by atomic mass is 32.1. The van der Waals surface area contributed by atoms with Gasteiger partial charge in [0.1, 0.15) is 10.7 Å². The Hall–Kier alpha value is -2.94. The smallest absolute Gasteiger partial charge is 0.231 e. The number of thiazole rings is 1. The van der Waals surface area contributed by atoms with E-state index < -0.39 is 0 Å². The Morgan fingerprint density at radius 1 is 1.35 bits per heavy atom. The third kappa shape index (κ3) is 2.60. The second-order valence-corrected chi connectivity index (χ2v) is 7.29. The highest BCUT2D eigenvalue weighted by molar-refractivity contribution is 7.09. The first kappa shape index (κ1) is 15.3. The fraction of sp³-hybridized carbons (Fsp3) is 0.294. The van der Waals surface area contributed by atoms with E-state index in [1.807, 2.05) is 47.3 Å². The molecule has 0 bridgehead atoms. The van der Waals surface area contributed by atoms with Gasteiger partial charge in [-0.3, -0.25) is 9.50 Å². The number of rotatable bonds is 4. The molecule has 5 heterocycles. The molecule has 8 nitrogen and oxygen atoms in total. The molecule has 26 heavy (non-hydrogen) atoms. The zero-order valence-electron chi connectivity index (χ0n) is 14.3. The summed E-state index contributed by atoms with van der Waals surface area (Å²) in [5, 5.41) is 13.6. The SMILES string of the molecule is Cc1cc(Nc2nc(N3CCCC3c3nccs3)nc3cccn23)n[nH]1. The molecule has 0 saturated carbocycles. The van der Waals surface area contributed by atoms with E-state index in [0.717, 1.165) is 47.5 Å². The predicted molar refractivity (Wildman–Crippen MR) is 101 cm³/mol. The Bertz CT molecular complexity index is 1030. The summed E-state index contributed by atoms with van der Waals surface area (Å²) in [6, 6.07) is 6.15. The summed E-state index contributed by atoms with van der Waals surface area (Å²) in [4.78, 5) is 16.3. The topological polar surface area (TPSA) is 87.0 Å². The van der Waals surface area contributed by atoms with Crippen LogP contribution in [0.5, 0.6) is 0 Å². The fourth-order valence-electron chi connectivity index (χ4n) is 3.39. The van der Waals surface area contributed by atoms with Crippen molar-refractivity contribution in [2.24, 2.45) is 0 Å². The minimum atomic E-state index is 0.243. The van der Waals surface area contributed by atoms with Gasteiger partial charge in [0.25, 0.3) is 0 Å².